The molecule has 1 fully saturated rings. The van der Waals surface area contributed by atoms with E-state index in [0.29, 0.717) is 18.4 Å². The lowest BCUT2D eigenvalue weighted by atomic mass is 9.92. The van der Waals surface area contributed by atoms with Crippen molar-refractivity contribution in [1.82, 2.24) is 15.4 Å². The summed E-state index contributed by atoms with van der Waals surface area (Å²) in [6.45, 7) is 7.33. The Kier molecular flexibility index (Phi) is 5.18. The molecule has 1 aromatic heterocycles. The van der Waals surface area contributed by atoms with E-state index in [1.807, 2.05) is 43.4 Å². The largest absolute Gasteiger partial charge is 0.356 e. The van der Waals surface area contributed by atoms with E-state index in [-0.39, 0.29) is 0 Å². The summed E-state index contributed by atoms with van der Waals surface area (Å²) in [5.41, 5.74) is 1.92. The van der Waals surface area contributed by atoms with E-state index in [1.54, 1.807) is 0 Å². The number of hydrogen-bond acceptors (Lipinski definition) is 3. The minimum Gasteiger partial charge on any atom is -0.356 e. The van der Waals surface area contributed by atoms with Gasteiger partial charge in [0, 0.05) is 31.8 Å². The molecule has 5 heteroatoms. The van der Waals surface area contributed by atoms with Gasteiger partial charge in [0.15, 0.2) is 11.7 Å². The Bertz CT molecular complexity index is 670. The van der Waals surface area contributed by atoms with Crippen molar-refractivity contribution in [2.24, 2.45) is 16.8 Å². The van der Waals surface area contributed by atoms with Crippen LogP contribution in [-0.2, 0) is 6.54 Å². The van der Waals surface area contributed by atoms with Crippen molar-refractivity contribution in [2.75, 3.05) is 20.1 Å². The molecule has 2 aromatic rings. The van der Waals surface area contributed by atoms with Gasteiger partial charge >= 0.3 is 0 Å². The molecular formula is C19H26N4O. The molecule has 3 rings (SSSR count). The minimum atomic E-state index is 0.613. The Labute approximate surface area is 143 Å². The molecule has 0 saturated carbocycles. The molecule has 1 aromatic carbocycles. The zero-order chi connectivity index (χ0) is 16.9. The number of hydrogen-bond donors (Lipinski definition) is 1. The second kappa shape index (κ2) is 7.51. The van der Waals surface area contributed by atoms with Crippen LogP contribution in [0.2, 0.25) is 0 Å². The summed E-state index contributed by atoms with van der Waals surface area (Å²) in [7, 11) is 1.84. The van der Waals surface area contributed by atoms with E-state index < -0.39 is 0 Å². The van der Waals surface area contributed by atoms with Gasteiger partial charge in [-0.25, -0.2) is 0 Å². The van der Waals surface area contributed by atoms with Crippen molar-refractivity contribution < 1.29 is 4.52 Å². The van der Waals surface area contributed by atoms with Gasteiger partial charge in [-0.1, -0.05) is 49.3 Å². The van der Waals surface area contributed by atoms with Crippen molar-refractivity contribution in [2.45, 2.75) is 26.8 Å². The highest BCUT2D eigenvalue weighted by Gasteiger charge is 2.24. The van der Waals surface area contributed by atoms with Gasteiger partial charge < -0.3 is 14.7 Å². The summed E-state index contributed by atoms with van der Waals surface area (Å²) in [5, 5.41) is 7.58. The average Bonchev–Trinajstić information content (AvgIpc) is 3.04. The highest BCUT2D eigenvalue weighted by atomic mass is 16.5. The van der Waals surface area contributed by atoms with Crippen LogP contribution in [0.1, 0.15) is 26.0 Å². The normalized spacial score (nSPS) is 21.8. The highest BCUT2D eigenvalue weighted by molar-refractivity contribution is 5.80. The SMILES string of the molecule is CN=C(NCc1cc(-c2ccccc2)on1)N1CC(C)CC(C)C1. The Morgan fingerprint density at radius 1 is 1.25 bits per heavy atom. The lowest BCUT2D eigenvalue weighted by molar-refractivity contribution is 0.208. The quantitative estimate of drug-likeness (QED) is 0.694. The third-order valence-corrected chi connectivity index (χ3v) is 4.43. The van der Waals surface area contributed by atoms with Gasteiger partial charge in [-0.3, -0.25) is 4.99 Å². The summed E-state index contributed by atoms with van der Waals surface area (Å²) < 4.78 is 5.45. The van der Waals surface area contributed by atoms with Crippen LogP contribution in [0.3, 0.4) is 0 Å². The Hall–Kier alpha value is -2.30. The van der Waals surface area contributed by atoms with Crippen LogP contribution in [0.5, 0.6) is 0 Å². The van der Waals surface area contributed by atoms with E-state index in [4.69, 9.17) is 4.52 Å². The number of guanidine groups is 1. The fraction of sp³-hybridized carbons (Fsp3) is 0.474. The average molecular weight is 326 g/mol. The van der Waals surface area contributed by atoms with Crippen molar-refractivity contribution in [3.05, 3.63) is 42.1 Å². The van der Waals surface area contributed by atoms with Crippen LogP contribution < -0.4 is 5.32 Å². The molecule has 0 radical (unpaired) electrons. The topological polar surface area (TPSA) is 53.7 Å². The molecule has 5 nitrogen and oxygen atoms in total. The number of aliphatic imine (C=N–C) groups is 1. The fourth-order valence-corrected chi connectivity index (χ4v) is 3.47. The Balaban J connectivity index is 1.61. The van der Waals surface area contributed by atoms with Crippen LogP contribution in [-0.4, -0.2) is 36.2 Å². The molecule has 128 valence electrons. The van der Waals surface area contributed by atoms with Crippen LogP contribution in [0.4, 0.5) is 0 Å². The van der Waals surface area contributed by atoms with E-state index in [9.17, 15) is 0 Å². The first-order valence-corrected chi connectivity index (χ1v) is 8.62. The first kappa shape index (κ1) is 16.6. The van der Waals surface area contributed by atoms with Crippen molar-refractivity contribution in [3.8, 4) is 11.3 Å². The van der Waals surface area contributed by atoms with Gasteiger partial charge in [-0.15, -0.1) is 0 Å². The first-order chi connectivity index (χ1) is 11.7. The third kappa shape index (κ3) is 3.96. The molecular weight excluding hydrogens is 300 g/mol. The van der Waals surface area contributed by atoms with Crippen LogP contribution in [0, 0.1) is 11.8 Å². The summed E-state index contributed by atoms with van der Waals surface area (Å²) in [6.07, 6.45) is 1.29. The van der Waals surface area contributed by atoms with Gasteiger partial charge in [0.05, 0.1) is 6.54 Å². The molecule has 0 bridgehead atoms. The molecule has 0 aliphatic carbocycles. The molecule has 1 N–H and O–H groups in total. The number of nitrogens with zero attached hydrogens (tertiary/aromatic N) is 3. The van der Waals surface area contributed by atoms with E-state index in [2.05, 4.69) is 34.2 Å². The number of benzene rings is 1. The molecule has 2 heterocycles. The molecule has 1 aliphatic rings. The van der Waals surface area contributed by atoms with Crippen LogP contribution in [0.15, 0.2) is 45.9 Å². The second-order valence-corrected chi connectivity index (χ2v) is 6.80. The van der Waals surface area contributed by atoms with Gasteiger partial charge in [0.2, 0.25) is 0 Å². The van der Waals surface area contributed by atoms with Crippen molar-refractivity contribution in [3.63, 3.8) is 0 Å². The predicted molar refractivity (Wildman–Crippen MR) is 96.7 cm³/mol. The summed E-state index contributed by atoms with van der Waals surface area (Å²) in [6, 6.07) is 12.0. The predicted octanol–water partition coefficient (Wildman–Crippen LogP) is 3.39. The first-order valence-electron chi connectivity index (χ1n) is 8.62. The molecule has 0 amide bonds. The monoisotopic (exact) mass is 326 g/mol. The van der Waals surface area contributed by atoms with Crippen molar-refractivity contribution in [1.29, 1.82) is 0 Å². The zero-order valence-corrected chi connectivity index (χ0v) is 14.7. The maximum atomic E-state index is 5.45. The Morgan fingerprint density at radius 2 is 1.96 bits per heavy atom. The molecule has 2 unspecified atom stereocenters. The number of likely N-dealkylation sites (tertiary alicyclic amines) is 1. The second-order valence-electron chi connectivity index (χ2n) is 6.80. The summed E-state index contributed by atoms with van der Waals surface area (Å²) >= 11 is 0. The summed E-state index contributed by atoms with van der Waals surface area (Å²) in [5.74, 6) is 3.13. The maximum absolute atomic E-state index is 5.45. The fourth-order valence-electron chi connectivity index (χ4n) is 3.47. The minimum absolute atomic E-state index is 0.613. The standard InChI is InChI=1S/C19H26N4O/c1-14-9-15(2)13-23(12-14)19(20-3)21-11-17-10-18(24-22-17)16-7-5-4-6-8-16/h4-8,10,14-15H,9,11-13H2,1-3H3,(H,20,21). The lowest BCUT2D eigenvalue weighted by Crippen LogP contribution is -2.48. The van der Waals surface area contributed by atoms with Gasteiger partial charge in [-0.05, 0) is 18.3 Å². The Morgan fingerprint density at radius 3 is 2.62 bits per heavy atom. The number of piperidine rings is 1. The molecule has 1 saturated heterocycles. The number of nitrogens with one attached hydrogen (secondary N) is 1. The summed E-state index contributed by atoms with van der Waals surface area (Å²) in [4.78, 5) is 6.78. The van der Waals surface area contributed by atoms with Gasteiger partial charge in [-0.2, -0.15) is 0 Å². The number of rotatable bonds is 3. The van der Waals surface area contributed by atoms with Crippen LogP contribution >= 0.6 is 0 Å². The molecule has 1 aliphatic heterocycles. The van der Waals surface area contributed by atoms with E-state index in [1.165, 1.54) is 6.42 Å². The third-order valence-electron chi connectivity index (χ3n) is 4.43. The van der Waals surface area contributed by atoms with Gasteiger partial charge in [0.1, 0.15) is 5.69 Å². The highest BCUT2D eigenvalue weighted by Crippen LogP contribution is 2.21. The van der Waals surface area contributed by atoms with E-state index in [0.717, 1.165) is 36.1 Å². The zero-order valence-electron chi connectivity index (χ0n) is 14.7. The molecule has 0 spiro atoms. The van der Waals surface area contributed by atoms with Crippen molar-refractivity contribution >= 4 is 5.96 Å². The maximum Gasteiger partial charge on any atom is 0.193 e. The van der Waals surface area contributed by atoms with Crippen LogP contribution in [0.25, 0.3) is 11.3 Å². The molecule has 24 heavy (non-hydrogen) atoms. The van der Waals surface area contributed by atoms with E-state index >= 15 is 0 Å². The smallest absolute Gasteiger partial charge is 0.193 e. The number of aromatic nitrogens is 1. The molecule has 2 atom stereocenters. The lowest BCUT2D eigenvalue weighted by Gasteiger charge is -2.37. The van der Waals surface area contributed by atoms with Gasteiger partial charge in [0.25, 0.3) is 0 Å².